The maximum absolute atomic E-state index is 13.5. The van der Waals surface area contributed by atoms with Crippen molar-refractivity contribution in [3.05, 3.63) is 28.8 Å². The zero-order chi connectivity index (χ0) is 15.5. The number of amides is 2. The molecule has 2 amide bonds. The van der Waals surface area contributed by atoms with Crippen molar-refractivity contribution in [3.63, 3.8) is 0 Å². The van der Waals surface area contributed by atoms with Gasteiger partial charge in [0.15, 0.2) is 17.4 Å². The summed E-state index contributed by atoms with van der Waals surface area (Å²) in [7, 11) is 0. The summed E-state index contributed by atoms with van der Waals surface area (Å²) in [5, 5.41) is 4.45. The predicted molar refractivity (Wildman–Crippen MR) is 73.3 cm³/mol. The molecule has 0 aromatic heterocycles. The molecule has 0 atom stereocenters. The highest BCUT2D eigenvalue weighted by molar-refractivity contribution is 6.30. The smallest absolute Gasteiger partial charge is 0.319 e. The van der Waals surface area contributed by atoms with E-state index in [1.807, 2.05) is 0 Å². The number of urea groups is 1. The number of carbonyl (C=O) groups is 1. The number of ether oxygens (including phenoxy) is 2. The van der Waals surface area contributed by atoms with Crippen LogP contribution in [0.3, 0.4) is 0 Å². The summed E-state index contributed by atoms with van der Waals surface area (Å²) in [6.45, 7) is 2.78. The van der Waals surface area contributed by atoms with E-state index in [1.165, 1.54) is 0 Å². The molecule has 1 aliphatic heterocycles. The fraction of sp³-hybridized carbons (Fsp3) is 0.462. The number of halogens is 3. The van der Waals surface area contributed by atoms with Crippen LogP contribution in [-0.4, -0.2) is 31.6 Å². The van der Waals surface area contributed by atoms with Gasteiger partial charge >= 0.3 is 6.03 Å². The molecule has 1 aliphatic rings. The lowest BCUT2D eigenvalue weighted by molar-refractivity contribution is -0.250. The van der Waals surface area contributed by atoms with Crippen molar-refractivity contribution in [2.75, 3.05) is 25.1 Å². The molecule has 0 unspecified atom stereocenters. The van der Waals surface area contributed by atoms with Crippen LogP contribution in [0.1, 0.15) is 13.3 Å². The molecule has 0 radical (unpaired) electrons. The van der Waals surface area contributed by atoms with E-state index >= 15 is 0 Å². The molecule has 1 fully saturated rings. The molecule has 1 aromatic rings. The van der Waals surface area contributed by atoms with Crippen LogP contribution in [0.2, 0.25) is 5.02 Å². The van der Waals surface area contributed by atoms with E-state index in [9.17, 15) is 13.6 Å². The maximum atomic E-state index is 13.5. The standard InChI is InChI=1S/C13H15ClF2N2O3/c1-13(20-3-2-4-21-13)7-17-12(19)18-11-9(15)5-8(14)6-10(11)16/h5-6H,2-4,7H2,1H3,(H2,17,18,19). The van der Waals surface area contributed by atoms with Crippen LogP contribution in [0.25, 0.3) is 0 Å². The van der Waals surface area contributed by atoms with Crippen molar-refractivity contribution in [2.45, 2.75) is 19.1 Å². The minimum atomic E-state index is -0.952. The third-order valence-corrected chi connectivity index (χ3v) is 3.14. The highest BCUT2D eigenvalue weighted by Crippen LogP contribution is 2.23. The van der Waals surface area contributed by atoms with Crippen LogP contribution >= 0.6 is 11.6 Å². The van der Waals surface area contributed by atoms with Crippen LogP contribution < -0.4 is 10.6 Å². The van der Waals surface area contributed by atoms with Crippen molar-refractivity contribution in [1.29, 1.82) is 0 Å². The minimum Gasteiger partial charge on any atom is -0.348 e. The Bertz CT molecular complexity index is 513. The largest absolute Gasteiger partial charge is 0.348 e. The zero-order valence-electron chi connectivity index (χ0n) is 11.3. The Labute approximate surface area is 125 Å². The first-order chi connectivity index (χ1) is 9.89. The Morgan fingerprint density at radius 3 is 2.48 bits per heavy atom. The van der Waals surface area contributed by atoms with Gasteiger partial charge in [-0.15, -0.1) is 0 Å². The van der Waals surface area contributed by atoms with Crippen LogP contribution in [-0.2, 0) is 9.47 Å². The molecule has 5 nitrogen and oxygen atoms in total. The highest BCUT2D eigenvalue weighted by atomic mass is 35.5. The molecule has 0 saturated carbocycles. The SMILES string of the molecule is CC1(CNC(=O)Nc2c(F)cc(Cl)cc2F)OCCCO1. The second kappa shape index (κ2) is 6.55. The molecule has 0 spiro atoms. The molecule has 21 heavy (non-hydrogen) atoms. The van der Waals surface area contributed by atoms with Gasteiger partial charge in [-0.25, -0.2) is 13.6 Å². The first kappa shape index (κ1) is 15.9. The summed E-state index contributed by atoms with van der Waals surface area (Å²) in [4.78, 5) is 11.7. The molecule has 0 bridgehead atoms. The monoisotopic (exact) mass is 320 g/mol. The molecule has 0 aliphatic carbocycles. The van der Waals surface area contributed by atoms with Crippen LogP contribution in [0.4, 0.5) is 19.3 Å². The van der Waals surface area contributed by atoms with Gasteiger partial charge in [-0.1, -0.05) is 11.6 Å². The fourth-order valence-corrected chi connectivity index (χ4v) is 2.03. The normalized spacial score (nSPS) is 17.3. The van der Waals surface area contributed by atoms with Gasteiger partial charge in [0, 0.05) is 5.02 Å². The number of benzene rings is 1. The lowest BCUT2D eigenvalue weighted by Gasteiger charge is -2.33. The van der Waals surface area contributed by atoms with Gasteiger partial charge in [0.1, 0.15) is 5.69 Å². The van der Waals surface area contributed by atoms with E-state index in [4.69, 9.17) is 21.1 Å². The predicted octanol–water partition coefficient (Wildman–Crippen LogP) is 2.89. The van der Waals surface area contributed by atoms with Gasteiger partial charge in [-0.2, -0.15) is 0 Å². The van der Waals surface area contributed by atoms with E-state index in [0.717, 1.165) is 18.6 Å². The van der Waals surface area contributed by atoms with Gasteiger partial charge in [-0.3, -0.25) is 0 Å². The summed E-state index contributed by atoms with van der Waals surface area (Å²) in [6.07, 6.45) is 0.781. The molecule has 1 aromatic carbocycles. The average Bonchev–Trinajstić information content (AvgIpc) is 2.41. The number of hydrogen-bond acceptors (Lipinski definition) is 3. The third-order valence-electron chi connectivity index (χ3n) is 2.92. The van der Waals surface area contributed by atoms with Crippen molar-refractivity contribution in [3.8, 4) is 0 Å². The van der Waals surface area contributed by atoms with E-state index in [1.54, 1.807) is 6.92 Å². The molecule has 2 N–H and O–H groups in total. The summed E-state index contributed by atoms with van der Waals surface area (Å²) in [5.74, 6) is -2.84. The highest BCUT2D eigenvalue weighted by Gasteiger charge is 2.29. The Hall–Kier alpha value is -1.44. The Morgan fingerprint density at radius 2 is 1.90 bits per heavy atom. The summed E-state index contributed by atoms with van der Waals surface area (Å²) in [5.41, 5.74) is -0.562. The number of hydrogen-bond donors (Lipinski definition) is 2. The van der Waals surface area contributed by atoms with Gasteiger partial charge in [0.25, 0.3) is 0 Å². The van der Waals surface area contributed by atoms with E-state index in [2.05, 4.69) is 10.6 Å². The lowest BCUT2D eigenvalue weighted by Crippen LogP contribution is -2.48. The summed E-state index contributed by atoms with van der Waals surface area (Å²) >= 11 is 5.50. The molecule has 8 heteroatoms. The van der Waals surface area contributed by atoms with Gasteiger partial charge in [0.2, 0.25) is 0 Å². The van der Waals surface area contributed by atoms with Crippen molar-refractivity contribution < 1.29 is 23.0 Å². The van der Waals surface area contributed by atoms with Crippen LogP contribution in [0, 0.1) is 11.6 Å². The molecular formula is C13H15ClF2N2O3. The van der Waals surface area contributed by atoms with Gasteiger partial charge in [-0.05, 0) is 25.5 Å². The maximum Gasteiger partial charge on any atom is 0.319 e. The number of nitrogens with one attached hydrogen (secondary N) is 2. The lowest BCUT2D eigenvalue weighted by atomic mass is 10.2. The second-order valence-corrected chi connectivity index (χ2v) is 5.17. The first-order valence-corrected chi connectivity index (χ1v) is 6.75. The quantitative estimate of drug-likeness (QED) is 0.900. The first-order valence-electron chi connectivity index (χ1n) is 6.37. The topological polar surface area (TPSA) is 59.6 Å². The molecule has 1 heterocycles. The number of rotatable bonds is 3. The van der Waals surface area contributed by atoms with Gasteiger partial charge < -0.3 is 20.1 Å². The summed E-state index contributed by atoms with van der Waals surface area (Å²) in [6, 6.07) is 1.05. The zero-order valence-corrected chi connectivity index (χ0v) is 12.1. The Morgan fingerprint density at radius 1 is 1.33 bits per heavy atom. The van der Waals surface area contributed by atoms with Crippen LogP contribution in [0.15, 0.2) is 12.1 Å². The summed E-state index contributed by atoms with van der Waals surface area (Å²) < 4.78 is 37.8. The van der Waals surface area contributed by atoms with Crippen molar-refractivity contribution in [1.82, 2.24) is 5.32 Å². The second-order valence-electron chi connectivity index (χ2n) is 4.74. The van der Waals surface area contributed by atoms with Crippen molar-refractivity contribution in [2.24, 2.45) is 0 Å². The van der Waals surface area contributed by atoms with Crippen molar-refractivity contribution >= 4 is 23.3 Å². The molecule has 1 saturated heterocycles. The van der Waals surface area contributed by atoms with E-state index < -0.39 is 29.1 Å². The minimum absolute atomic E-state index is 0.0513. The van der Waals surface area contributed by atoms with E-state index in [-0.39, 0.29) is 11.6 Å². The average molecular weight is 321 g/mol. The molecule has 116 valence electrons. The molecular weight excluding hydrogens is 306 g/mol. The Balaban J connectivity index is 1.93. The number of carbonyl (C=O) groups excluding carboxylic acids is 1. The molecule has 2 rings (SSSR count). The Kier molecular flexibility index (Phi) is 4.97. The third kappa shape index (κ3) is 4.26. The fourth-order valence-electron chi connectivity index (χ4n) is 1.84. The van der Waals surface area contributed by atoms with Crippen LogP contribution in [0.5, 0.6) is 0 Å². The number of anilines is 1. The van der Waals surface area contributed by atoms with Gasteiger partial charge in [0.05, 0.1) is 19.8 Å². The van der Waals surface area contributed by atoms with E-state index in [0.29, 0.717) is 13.2 Å².